The summed E-state index contributed by atoms with van der Waals surface area (Å²) >= 11 is 6.42. The van der Waals surface area contributed by atoms with Crippen LogP contribution >= 0.6 is 11.6 Å². The van der Waals surface area contributed by atoms with E-state index in [0.29, 0.717) is 0 Å². The van der Waals surface area contributed by atoms with Gasteiger partial charge in [0.15, 0.2) is 28.8 Å². The van der Waals surface area contributed by atoms with Gasteiger partial charge in [-0.25, -0.2) is 23.1 Å². The smallest absolute Gasteiger partial charge is 0.332 e. The van der Waals surface area contributed by atoms with E-state index in [2.05, 4.69) is 15.0 Å². The van der Waals surface area contributed by atoms with Crippen molar-refractivity contribution in [1.82, 2.24) is 19.5 Å². The molecule has 0 radical (unpaired) electrons. The van der Waals surface area contributed by atoms with Crippen LogP contribution in [-0.2, 0) is 6.61 Å². The molecule has 9 nitrogen and oxygen atoms in total. The van der Waals surface area contributed by atoms with Gasteiger partial charge in [-0.05, 0) is 12.1 Å². The number of nitrogens with one attached hydrogen (secondary N) is 1. The summed E-state index contributed by atoms with van der Waals surface area (Å²) in [5.74, 6) is -1.54. The van der Waals surface area contributed by atoms with Crippen LogP contribution in [0.25, 0.3) is 16.9 Å². The molecule has 0 fully saturated rings. The fourth-order valence-corrected chi connectivity index (χ4v) is 3.53. The van der Waals surface area contributed by atoms with Crippen molar-refractivity contribution in [1.29, 1.82) is 0 Å². The molecule has 2 aromatic heterocycles. The van der Waals surface area contributed by atoms with Crippen molar-refractivity contribution in [3.05, 3.63) is 63.3 Å². The van der Waals surface area contributed by atoms with Gasteiger partial charge in [-0.15, -0.1) is 0 Å². The molecule has 4 aromatic rings. The number of methoxy groups -OCH3 is 3. The predicted octanol–water partition coefficient (Wildman–Crippen LogP) is 3.65. The molecule has 2 aromatic carbocycles. The lowest BCUT2D eigenvalue weighted by molar-refractivity contribution is 0.270. The van der Waals surface area contributed by atoms with Crippen LogP contribution in [-0.4, -0.2) is 40.8 Å². The average molecular weight is 479 g/mol. The molecule has 0 unspecified atom stereocenters. The number of imidazole rings is 1. The normalized spacial score (nSPS) is 11.0. The topological polar surface area (TPSA) is 100 Å². The fourth-order valence-electron chi connectivity index (χ4n) is 3.30. The van der Waals surface area contributed by atoms with Crippen LogP contribution < -0.4 is 24.6 Å². The molecule has 0 aliphatic heterocycles. The van der Waals surface area contributed by atoms with Crippen molar-refractivity contribution >= 4 is 22.8 Å². The fraction of sp³-hybridized carbons (Fsp3) is 0.190. The summed E-state index contributed by atoms with van der Waals surface area (Å²) < 4.78 is 50.6. The second-order valence-corrected chi connectivity index (χ2v) is 7.04. The summed E-state index contributed by atoms with van der Waals surface area (Å²) in [5, 5.41) is 0.147. The minimum absolute atomic E-state index is 0.110. The molecule has 0 atom stereocenters. The maximum Gasteiger partial charge on any atom is 0.332 e. The second-order valence-electron chi connectivity index (χ2n) is 6.63. The molecule has 0 aliphatic rings. The molecule has 33 heavy (non-hydrogen) atoms. The number of halogens is 3. The van der Waals surface area contributed by atoms with Crippen molar-refractivity contribution in [3.8, 4) is 28.8 Å². The first-order chi connectivity index (χ1) is 15.9. The van der Waals surface area contributed by atoms with Gasteiger partial charge in [0, 0.05) is 12.1 Å². The SMILES string of the molecule is COc1cc(Cl)c(-n2c(=O)[nH]c3c(OC)ncnc32)cc1OCc1c(OC)ccc(F)c1F. The Morgan fingerprint density at radius 3 is 2.48 bits per heavy atom. The Hall–Kier alpha value is -3.86. The zero-order valence-electron chi connectivity index (χ0n) is 17.6. The molecule has 172 valence electrons. The Morgan fingerprint density at radius 1 is 1.03 bits per heavy atom. The second kappa shape index (κ2) is 8.94. The van der Waals surface area contributed by atoms with Crippen LogP contribution in [0, 0.1) is 11.6 Å². The van der Waals surface area contributed by atoms with Crippen LogP contribution in [0.2, 0.25) is 5.02 Å². The number of benzene rings is 2. The van der Waals surface area contributed by atoms with E-state index in [1.54, 1.807) is 0 Å². The Bertz CT molecular complexity index is 1410. The summed E-state index contributed by atoms with van der Waals surface area (Å²) in [6.45, 7) is -0.386. The van der Waals surface area contributed by atoms with Crippen LogP contribution in [0.1, 0.15) is 5.56 Å². The molecule has 4 rings (SSSR count). The molecule has 0 saturated carbocycles. The molecule has 0 amide bonds. The summed E-state index contributed by atoms with van der Waals surface area (Å²) in [4.78, 5) is 23.4. The minimum atomic E-state index is -1.10. The van der Waals surface area contributed by atoms with E-state index >= 15 is 0 Å². The van der Waals surface area contributed by atoms with E-state index in [0.717, 1.165) is 6.07 Å². The van der Waals surface area contributed by atoms with E-state index in [9.17, 15) is 13.6 Å². The molecule has 0 saturated heterocycles. The highest BCUT2D eigenvalue weighted by molar-refractivity contribution is 6.32. The molecule has 0 aliphatic carbocycles. The van der Waals surface area contributed by atoms with Crippen molar-refractivity contribution < 1.29 is 27.7 Å². The molecule has 0 spiro atoms. The zero-order valence-corrected chi connectivity index (χ0v) is 18.4. The molecular weight excluding hydrogens is 462 g/mol. The summed E-state index contributed by atoms with van der Waals surface area (Å²) in [5.41, 5.74) is 0.00207. The number of ether oxygens (including phenoxy) is 4. The van der Waals surface area contributed by atoms with E-state index in [1.165, 1.54) is 50.4 Å². The lowest BCUT2D eigenvalue weighted by atomic mass is 10.2. The number of aromatic nitrogens is 4. The van der Waals surface area contributed by atoms with E-state index in [4.69, 9.17) is 30.5 Å². The first kappa shape index (κ1) is 22.3. The lowest BCUT2D eigenvalue weighted by Crippen LogP contribution is -2.15. The highest BCUT2D eigenvalue weighted by Crippen LogP contribution is 2.37. The van der Waals surface area contributed by atoms with Crippen molar-refractivity contribution in [2.24, 2.45) is 0 Å². The average Bonchev–Trinajstić information content (AvgIpc) is 3.16. The Labute approximate surface area is 190 Å². The molecule has 12 heteroatoms. The summed E-state index contributed by atoms with van der Waals surface area (Å²) in [7, 11) is 4.12. The van der Waals surface area contributed by atoms with Crippen LogP contribution in [0.4, 0.5) is 8.78 Å². The maximum absolute atomic E-state index is 14.3. The minimum Gasteiger partial charge on any atom is -0.496 e. The van der Waals surface area contributed by atoms with Gasteiger partial charge in [0.25, 0.3) is 0 Å². The Morgan fingerprint density at radius 2 is 1.79 bits per heavy atom. The molecule has 0 bridgehead atoms. The van der Waals surface area contributed by atoms with Gasteiger partial charge in [-0.3, -0.25) is 4.98 Å². The van der Waals surface area contributed by atoms with Crippen LogP contribution in [0.15, 0.2) is 35.4 Å². The van der Waals surface area contributed by atoms with Crippen LogP contribution in [0.5, 0.6) is 23.1 Å². The number of H-pyrrole nitrogens is 1. The molecule has 2 heterocycles. The van der Waals surface area contributed by atoms with Crippen molar-refractivity contribution in [2.45, 2.75) is 6.61 Å². The Kier molecular flexibility index (Phi) is 6.05. The van der Waals surface area contributed by atoms with Gasteiger partial charge in [-0.2, -0.15) is 4.98 Å². The Balaban J connectivity index is 1.81. The quantitative estimate of drug-likeness (QED) is 0.432. The zero-order chi connectivity index (χ0) is 23.7. The largest absolute Gasteiger partial charge is 0.496 e. The van der Waals surface area contributed by atoms with Crippen molar-refractivity contribution in [2.75, 3.05) is 21.3 Å². The third kappa shape index (κ3) is 3.91. The third-order valence-electron chi connectivity index (χ3n) is 4.85. The van der Waals surface area contributed by atoms with E-state index in [-0.39, 0.29) is 57.2 Å². The number of hydrogen-bond donors (Lipinski definition) is 1. The summed E-state index contributed by atoms with van der Waals surface area (Å²) in [6.07, 6.45) is 1.23. The van der Waals surface area contributed by atoms with E-state index in [1.807, 2.05) is 0 Å². The monoisotopic (exact) mass is 478 g/mol. The number of nitrogens with zero attached hydrogens (tertiary/aromatic N) is 3. The van der Waals surface area contributed by atoms with Gasteiger partial charge in [0.2, 0.25) is 5.88 Å². The standard InChI is InChI=1S/C21H17ClF2N4O5/c1-30-14-5-4-12(23)17(24)10(14)8-33-16-7-13(11(22)6-15(16)31-2)28-19-18(27-21(28)29)20(32-3)26-9-25-19/h4-7,9H,8H2,1-3H3,(H,27,29). The number of hydrogen-bond acceptors (Lipinski definition) is 7. The van der Waals surface area contributed by atoms with Crippen molar-refractivity contribution in [3.63, 3.8) is 0 Å². The summed E-state index contributed by atoms with van der Waals surface area (Å²) in [6, 6.07) is 5.10. The third-order valence-corrected chi connectivity index (χ3v) is 5.15. The van der Waals surface area contributed by atoms with Gasteiger partial charge >= 0.3 is 5.69 Å². The number of rotatable bonds is 7. The highest BCUT2D eigenvalue weighted by atomic mass is 35.5. The highest BCUT2D eigenvalue weighted by Gasteiger charge is 2.21. The van der Waals surface area contributed by atoms with Gasteiger partial charge in [0.1, 0.15) is 24.2 Å². The first-order valence-electron chi connectivity index (χ1n) is 9.40. The van der Waals surface area contributed by atoms with E-state index < -0.39 is 17.3 Å². The first-order valence-corrected chi connectivity index (χ1v) is 9.78. The number of fused-ring (bicyclic) bond motifs is 1. The predicted molar refractivity (Wildman–Crippen MR) is 115 cm³/mol. The molecule has 1 N–H and O–H groups in total. The van der Waals surface area contributed by atoms with Gasteiger partial charge in [0.05, 0.1) is 37.6 Å². The van der Waals surface area contributed by atoms with Crippen LogP contribution in [0.3, 0.4) is 0 Å². The van der Waals surface area contributed by atoms with Gasteiger partial charge in [-0.1, -0.05) is 11.6 Å². The molecular formula is C21H17ClF2N4O5. The lowest BCUT2D eigenvalue weighted by Gasteiger charge is -2.16. The maximum atomic E-state index is 14.3. The van der Waals surface area contributed by atoms with Gasteiger partial charge < -0.3 is 18.9 Å². The number of aromatic amines is 1.